The van der Waals surface area contributed by atoms with Crippen molar-refractivity contribution in [3.63, 3.8) is 0 Å². The zero-order valence-electron chi connectivity index (χ0n) is 56.6. The normalized spacial score (nSPS) is 20.5. The van der Waals surface area contributed by atoms with E-state index in [0.717, 1.165) is 0 Å². The number of phenols is 1. The van der Waals surface area contributed by atoms with E-state index >= 15 is 0 Å². The van der Waals surface area contributed by atoms with Gasteiger partial charge in [0.15, 0.2) is 11.9 Å². The maximum atomic E-state index is 14.9. The van der Waals surface area contributed by atoms with Crippen molar-refractivity contribution in [3.8, 4) is 5.75 Å². The summed E-state index contributed by atoms with van der Waals surface area (Å²) in [7, 11) is 0. The number of unbranched alkanes of at least 4 members (excludes halogenated alkanes) is 1. The number of likely N-dealkylation sites (tertiary alicyclic amines) is 1. The number of aliphatic imine (C=N–C) groups is 2. The van der Waals surface area contributed by atoms with E-state index in [2.05, 4.69) is 63.2 Å². The van der Waals surface area contributed by atoms with Crippen LogP contribution in [0.15, 0.2) is 64.6 Å². The molecular weight excluding hydrogens is 1270 g/mol. The minimum Gasteiger partial charge on any atom is -0.508 e. The Labute approximate surface area is 571 Å². The Morgan fingerprint density at radius 2 is 1.31 bits per heavy atom. The first kappa shape index (κ1) is 80.8. The van der Waals surface area contributed by atoms with Crippen molar-refractivity contribution in [2.75, 3.05) is 39.3 Å². The van der Waals surface area contributed by atoms with Gasteiger partial charge >= 0.3 is 0 Å². The Hall–Kier alpha value is -9.66. The summed E-state index contributed by atoms with van der Waals surface area (Å²) in [6, 6.07) is 1.37. The minimum absolute atomic E-state index is 0.00317. The van der Waals surface area contributed by atoms with Gasteiger partial charge in [-0.2, -0.15) is 0 Å². The third-order valence-electron chi connectivity index (χ3n) is 16.7. The molecule has 98 heavy (non-hydrogen) atoms. The number of benzene rings is 2. The molecule has 2 aliphatic heterocycles. The fourth-order valence-electron chi connectivity index (χ4n) is 11.1. The largest absolute Gasteiger partial charge is 0.508 e. The van der Waals surface area contributed by atoms with Gasteiger partial charge in [0.25, 0.3) is 0 Å². The van der Waals surface area contributed by atoms with Crippen molar-refractivity contribution < 1.29 is 62.6 Å². The summed E-state index contributed by atoms with van der Waals surface area (Å²) in [6.45, 7) is 6.83. The van der Waals surface area contributed by atoms with Crippen LogP contribution in [0.2, 0.25) is 0 Å². The van der Waals surface area contributed by atoms with Gasteiger partial charge in [0.1, 0.15) is 60.1 Å². The molecular formula is C65H104N20O13. The third-order valence-corrected chi connectivity index (χ3v) is 16.7. The second-order valence-corrected chi connectivity index (χ2v) is 25.2. The Morgan fingerprint density at radius 3 is 1.95 bits per heavy atom. The number of guanidine groups is 2. The highest BCUT2D eigenvalue weighted by atomic mass is 16.3. The molecule has 2 fully saturated rings. The standard InChI is InChI=1S/C65H104N20O13/c1-5-38(4)53(62(97)81-46(21-14-30-75-65(71)72)63(98)85-31-15-22-50(85)61(96)78-43(54(68)89)18-9-11-27-66)84-57(92)44-19-10-12-28-73-51(87)35-49(77-52(88)36-76-55(90)42(67)33-40-23-25-41(86)26-24-40)60(95)83-48(34-39-16-7-6-8-17-39)59(94)82-47(32-37(2)3)58(93)80-45(56(91)79-44)20-13-29-74-64(69)70/h6-8,16-17,23-26,37-38,42-50,53,86H,5,9-15,18-22,27-36,66-67H2,1-4H3,(H2,68,89)(H,73,87)(H,76,90)(H,77,88)(H,78,96)(H,79,91)(H,80,93)(H,81,97)(H,82,94)(H,83,95)(H,84,92)(H4,69,70,74)(H4,71,72,75)/t38-,42-,43-,44-,45-,46-,47-,48-,49-,50-,53-/m0/s1. The molecule has 0 aromatic heterocycles. The second kappa shape index (κ2) is 42.1. The zero-order chi connectivity index (χ0) is 72.4. The summed E-state index contributed by atoms with van der Waals surface area (Å²) < 4.78 is 0. The van der Waals surface area contributed by atoms with E-state index in [0.29, 0.717) is 43.4 Å². The fourth-order valence-corrected chi connectivity index (χ4v) is 11.1. The number of aromatic hydroxyl groups is 1. The van der Waals surface area contributed by atoms with Crippen LogP contribution in [0.4, 0.5) is 0 Å². The molecule has 0 bridgehead atoms. The van der Waals surface area contributed by atoms with E-state index in [4.69, 9.17) is 40.1 Å². The molecule has 11 atom stereocenters. The van der Waals surface area contributed by atoms with Gasteiger partial charge in [-0.25, -0.2) is 0 Å². The van der Waals surface area contributed by atoms with Gasteiger partial charge in [-0.05, 0) is 132 Å². The SMILES string of the molecule is CC[C@H](C)[C@H](NC(=O)[C@@H]1CCCCNC(=O)C[C@H](NC(=O)CNC(=O)[C@@H](N)Cc2ccc(O)cc2)C(=O)N[C@@H](Cc2ccccc2)C(=O)N[C@@H](CC(C)C)C(=O)N[C@@H](CCCN=C(N)N)C(=O)N1)C(=O)N[C@@H](CCCN=C(N)N)C(=O)N1CCC[C@H]1C(=O)N[C@@H](CCCCN)C(N)=O. The first-order valence-corrected chi connectivity index (χ1v) is 33.5. The number of nitrogens with two attached hydrogens (primary N) is 7. The van der Waals surface area contributed by atoms with E-state index in [-0.39, 0.29) is 127 Å². The van der Waals surface area contributed by atoms with Gasteiger partial charge in [0, 0.05) is 32.6 Å². The summed E-state index contributed by atoms with van der Waals surface area (Å²) in [5.41, 5.74) is 41.1. The van der Waals surface area contributed by atoms with Gasteiger partial charge in [0.05, 0.1) is 19.0 Å². The predicted molar refractivity (Wildman–Crippen MR) is 365 cm³/mol. The molecule has 0 saturated carbocycles. The Bertz CT molecular complexity index is 3060. The number of primary amides is 1. The van der Waals surface area contributed by atoms with E-state index in [9.17, 15) is 62.6 Å². The topological polar surface area (TPSA) is 555 Å². The van der Waals surface area contributed by atoms with Crippen molar-refractivity contribution >= 4 is 82.8 Å². The smallest absolute Gasteiger partial charge is 0.245 e. The Morgan fingerprint density at radius 1 is 0.673 bits per heavy atom. The number of hydrogen-bond donors (Lipinski definition) is 18. The van der Waals surface area contributed by atoms with Crippen molar-refractivity contribution in [2.24, 2.45) is 62.0 Å². The highest BCUT2D eigenvalue weighted by Crippen LogP contribution is 2.22. The Balaban J connectivity index is 1.71. The van der Waals surface area contributed by atoms with Crippen molar-refractivity contribution in [1.82, 2.24) is 58.1 Å². The maximum Gasteiger partial charge on any atom is 0.245 e. The summed E-state index contributed by atoms with van der Waals surface area (Å²) in [5, 5.41) is 36.5. The fraction of sp³-hybridized carbons (Fsp3) is 0.600. The van der Waals surface area contributed by atoms with Crippen LogP contribution in [0.1, 0.15) is 135 Å². The van der Waals surface area contributed by atoms with Crippen LogP contribution in [0.5, 0.6) is 5.75 Å². The van der Waals surface area contributed by atoms with Crippen LogP contribution in [0.3, 0.4) is 0 Å². The number of hydrogen-bond acceptors (Lipinski definition) is 17. The van der Waals surface area contributed by atoms with Gasteiger partial charge in [0.2, 0.25) is 70.9 Å². The van der Waals surface area contributed by atoms with Crippen LogP contribution in [0.25, 0.3) is 0 Å². The van der Waals surface area contributed by atoms with Crippen molar-refractivity contribution in [3.05, 3.63) is 65.7 Å². The van der Waals surface area contributed by atoms with Crippen LogP contribution in [-0.4, -0.2) is 192 Å². The average molecular weight is 1370 g/mol. The number of rotatable bonds is 32. The highest BCUT2D eigenvalue weighted by Gasteiger charge is 2.41. The van der Waals surface area contributed by atoms with Crippen LogP contribution in [0, 0.1) is 11.8 Å². The van der Waals surface area contributed by atoms with E-state index in [1.165, 1.54) is 17.0 Å². The van der Waals surface area contributed by atoms with E-state index in [1.807, 2.05) is 0 Å². The lowest BCUT2D eigenvalue weighted by molar-refractivity contribution is -0.142. The molecule has 25 N–H and O–H groups in total. The summed E-state index contributed by atoms with van der Waals surface area (Å²) in [5.74, 6) is -10.9. The molecule has 33 nitrogen and oxygen atoms in total. The number of carbonyl (C=O) groups is 12. The maximum absolute atomic E-state index is 14.9. The first-order chi connectivity index (χ1) is 46.6. The molecule has 4 rings (SSSR count). The molecule has 0 aliphatic carbocycles. The molecule has 33 heteroatoms. The number of amides is 12. The third kappa shape index (κ3) is 28.6. The Kier molecular flexibility index (Phi) is 34.7. The summed E-state index contributed by atoms with van der Waals surface area (Å²) >= 11 is 0. The molecule has 2 saturated heterocycles. The van der Waals surface area contributed by atoms with Crippen molar-refractivity contribution in [1.29, 1.82) is 0 Å². The first-order valence-electron chi connectivity index (χ1n) is 33.5. The summed E-state index contributed by atoms with van der Waals surface area (Å²) in [4.78, 5) is 179. The lowest BCUT2D eigenvalue weighted by atomic mass is 9.96. The van der Waals surface area contributed by atoms with Gasteiger partial charge in [-0.3, -0.25) is 67.5 Å². The van der Waals surface area contributed by atoms with Gasteiger partial charge in [-0.15, -0.1) is 0 Å². The van der Waals surface area contributed by atoms with E-state index in [1.54, 1.807) is 70.2 Å². The van der Waals surface area contributed by atoms with Gasteiger partial charge < -0.3 is 103 Å². The lowest BCUT2D eigenvalue weighted by Crippen LogP contribution is -2.61. The summed E-state index contributed by atoms with van der Waals surface area (Å²) in [6.07, 6.45) is 1.78. The van der Waals surface area contributed by atoms with Crippen LogP contribution in [-0.2, 0) is 70.4 Å². The van der Waals surface area contributed by atoms with Gasteiger partial charge in [-0.1, -0.05) is 76.6 Å². The molecule has 542 valence electrons. The number of phenolic OH excluding ortho intramolecular Hbond substituents is 1. The zero-order valence-corrected chi connectivity index (χ0v) is 56.6. The average Bonchev–Trinajstić information content (AvgIpc) is 1.57. The highest BCUT2D eigenvalue weighted by molar-refractivity contribution is 6.00. The molecule has 0 spiro atoms. The molecule has 0 radical (unpaired) electrons. The van der Waals surface area contributed by atoms with E-state index < -0.39 is 150 Å². The molecule has 2 aromatic carbocycles. The molecule has 12 amide bonds. The molecule has 2 aliphatic rings. The minimum atomic E-state index is -1.66. The predicted octanol–water partition coefficient (Wildman–Crippen LogP) is -4.01. The number of carbonyl (C=O) groups excluding carboxylic acids is 12. The monoisotopic (exact) mass is 1370 g/mol. The van der Waals surface area contributed by atoms with Crippen molar-refractivity contribution in [2.45, 2.75) is 197 Å². The quantitative estimate of drug-likeness (QED) is 0.0189. The molecule has 2 heterocycles. The van der Waals surface area contributed by atoms with Crippen LogP contribution < -0.4 is 93.3 Å². The number of nitrogens with zero attached hydrogens (tertiary/aromatic N) is 3. The van der Waals surface area contributed by atoms with Crippen LogP contribution >= 0.6 is 0 Å². The molecule has 2 aromatic rings. The molecule has 0 unspecified atom stereocenters. The lowest BCUT2D eigenvalue weighted by Gasteiger charge is -2.32. The number of nitrogens with one attached hydrogen (secondary N) is 10. The second-order valence-electron chi connectivity index (χ2n) is 25.2.